The number of halogens is 4. The summed E-state index contributed by atoms with van der Waals surface area (Å²) in [5.74, 6) is -2.72. The number of alkyl halides is 2. The molecule has 0 aromatic heterocycles. The van der Waals surface area contributed by atoms with Gasteiger partial charge in [-0.05, 0) is 6.07 Å². The molecule has 0 saturated carbocycles. The van der Waals surface area contributed by atoms with E-state index < -0.39 is 30.6 Å². The molecule has 0 heterocycles. The van der Waals surface area contributed by atoms with Crippen molar-refractivity contribution in [3.8, 4) is 5.75 Å². The molecule has 0 fully saturated rings. The van der Waals surface area contributed by atoms with Gasteiger partial charge in [0.05, 0.1) is 11.4 Å². The highest BCUT2D eigenvalue weighted by Crippen LogP contribution is 2.27. The first kappa shape index (κ1) is 12.6. The van der Waals surface area contributed by atoms with E-state index in [9.17, 15) is 18.0 Å². The Morgan fingerprint density at radius 3 is 2.56 bits per heavy atom. The summed E-state index contributed by atoms with van der Waals surface area (Å²) in [4.78, 5) is 10.4. The van der Waals surface area contributed by atoms with E-state index in [0.717, 1.165) is 6.07 Å². The van der Waals surface area contributed by atoms with Gasteiger partial charge in [0.1, 0.15) is 11.6 Å². The molecule has 88 valence electrons. The molecule has 0 spiro atoms. The zero-order chi connectivity index (χ0) is 12.3. The Bertz CT molecular complexity index is 386. The smallest absolute Gasteiger partial charge is 0.387 e. The lowest BCUT2D eigenvalue weighted by Crippen LogP contribution is -2.06. The van der Waals surface area contributed by atoms with E-state index in [1.54, 1.807) is 0 Å². The minimum atomic E-state index is -3.10. The molecule has 16 heavy (non-hydrogen) atoms. The molecule has 0 aliphatic carbocycles. The minimum absolute atomic E-state index is 0.266. The van der Waals surface area contributed by atoms with E-state index in [4.69, 9.17) is 16.7 Å². The Kier molecular flexibility index (Phi) is 4.00. The maximum Gasteiger partial charge on any atom is 0.387 e. The topological polar surface area (TPSA) is 46.5 Å². The molecule has 1 aromatic carbocycles. The predicted octanol–water partition coefficient (Wildman–Crippen LogP) is 2.71. The number of carbonyl (C=O) groups is 1. The summed E-state index contributed by atoms with van der Waals surface area (Å²) < 4.78 is 40.8. The number of aliphatic carboxylic acids is 1. The summed E-state index contributed by atoms with van der Waals surface area (Å²) in [5, 5.41) is 8.19. The van der Waals surface area contributed by atoms with Crippen LogP contribution >= 0.6 is 11.6 Å². The van der Waals surface area contributed by atoms with Crippen molar-refractivity contribution < 1.29 is 27.8 Å². The third-order valence-electron chi connectivity index (χ3n) is 1.67. The van der Waals surface area contributed by atoms with Crippen molar-refractivity contribution in [3.05, 3.63) is 28.5 Å². The summed E-state index contributed by atoms with van der Waals surface area (Å²) >= 11 is 5.53. The highest BCUT2D eigenvalue weighted by Gasteiger charge is 2.15. The molecular weight excluding hydrogens is 249 g/mol. The van der Waals surface area contributed by atoms with Gasteiger partial charge < -0.3 is 9.84 Å². The third-order valence-corrected chi connectivity index (χ3v) is 2.00. The number of hydrogen-bond donors (Lipinski definition) is 1. The summed E-state index contributed by atoms with van der Waals surface area (Å²) in [5.41, 5.74) is -0.268. The fraction of sp³-hybridized carbons (Fsp3) is 0.222. The SMILES string of the molecule is O=C(O)Cc1c(F)cc(OC(F)F)cc1Cl. The molecule has 0 unspecified atom stereocenters. The Hall–Kier alpha value is -1.43. The number of carboxylic acid groups (broad SMARTS) is 1. The van der Waals surface area contributed by atoms with Gasteiger partial charge in [-0.3, -0.25) is 4.79 Å². The lowest BCUT2D eigenvalue weighted by molar-refractivity contribution is -0.136. The van der Waals surface area contributed by atoms with Gasteiger partial charge in [0.15, 0.2) is 0 Å². The molecule has 0 bridgehead atoms. The molecule has 0 saturated heterocycles. The predicted molar refractivity (Wildman–Crippen MR) is 49.4 cm³/mol. The van der Waals surface area contributed by atoms with Crippen molar-refractivity contribution in [2.45, 2.75) is 13.0 Å². The van der Waals surface area contributed by atoms with Crippen LogP contribution in [-0.4, -0.2) is 17.7 Å². The first-order chi connectivity index (χ1) is 7.40. The van der Waals surface area contributed by atoms with E-state index in [1.165, 1.54) is 0 Å². The lowest BCUT2D eigenvalue weighted by atomic mass is 10.1. The van der Waals surface area contributed by atoms with Crippen LogP contribution < -0.4 is 4.74 Å². The van der Waals surface area contributed by atoms with Crippen LogP contribution in [0.3, 0.4) is 0 Å². The number of carboxylic acids is 1. The fourth-order valence-corrected chi connectivity index (χ4v) is 1.34. The first-order valence-corrected chi connectivity index (χ1v) is 4.42. The maximum atomic E-state index is 13.2. The molecule has 1 rings (SSSR count). The second kappa shape index (κ2) is 5.07. The molecular formula is C9H6ClF3O3. The van der Waals surface area contributed by atoms with Crippen LogP contribution in [0.2, 0.25) is 5.02 Å². The second-order valence-corrected chi connectivity index (χ2v) is 3.22. The average molecular weight is 255 g/mol. The van der Waals surface area contributed by atoms with Crippen LogP contribution in [0.4, 0.5) is 13.2 Å². The fourth-order valence-electron chi connectivity index (χ4n) is 1.07. The Morgan fingerprint density at radius 2 is 2.12 bits per heavy atom. The molecule has 1 aromatic rings. The standard InChI is InChI=1S/C9H6ClF3O3/c10-6-1-4(16-9(12)13)2-7(11)5(6)3-8(14)15/h1-2,9H,3H2,(H,14,15). The number of rotatable bonds is 4. The summed E-state index contributed by atoms with van der Waals surface area (Å²) in [6.45, 7) is -3.10. The Balaban J connectivity index is 3.02. The zero-order valence-electron chi connectivity index (χ0n) is 7.71. The largest absolute Gasteiger partial charge is 0.481 e. The highest BCUT2D eigenvalue weighted by molar-refractivity contribution is 6.31. The molecule has 3 nitrogen and oxygen atoms in total. The van der Waals surface area contributed by atoms with E-state index in [-0.39, 0.29) is 10.6 Å². The van der Waals surface area contributed by atoms with Crippen LogP contribution in [0, 0.1) is 5.82 Å². The third kappa shape index (κ3) is 3.30. The molecule has 0 amide bonds. The van der Waals surface area contributed by atoms with E-state index in [2.05, 4.69) is 4.74 Å². The van der Waals surface area contributed by atoms with Gasteiger partial charge in [0.2, 0.25) is 0 Å². The van der Waals surface area contributed by atoms with Crippen molar-refractivity contribution in [1.82, 2.24) is 0 Å². The first-order valence-electron chi connectivity index (χ1n) is 4.04. The molecule has 0 aliphatic heterocycles. The van der Waals surface area contributed by atoms with Gasteiger partial charge in [-0.25, -0.2) is 4.39 Å². The number of benzene rings is 1. The summed E-state index contributed by atoms with van der Waals surface area (Å²) in [6.07, 6.45) is -0.625. The van der Waals surface area contributed by atoms with Gasteiger partial charge >= 0.3 is 12.6 Å². The highest BCUT2D eigenvalue weighted by atomic mass is 35.5. The van der Waals surface area contributed by atoms with Gasteiger partial charge in [0, 0.05) is 11.6 Å². The molecule has 0 atom stereocenters. The summed E-state index contributed by atoms with van der Waals surface area (Å²) in [6, 6.07) is 1.60. The quantitative estimate of drug-likeness (QED) is 0.899. The lowest BCUT2D eigenvalue weighted by Gasteiger charge is -2.08. The molecule has 7 heteroatoms. The van der Waals surface area contributed by atoms with Crippen LogP contribution in [-0.2, 0) is 11.2 Å². The maximum absolute atomic E-state index is 13.2. The normalized spacial score (nSPS) is 10.6. The zero-order valence-corrected chi connectivity index (χ0v) is 8.47. The Labute approximate surface area is 93.4 Å². The minimum Gasteiger partial charge on any atom is -0.481 e. The number of hydrogen-bond acceptors (Lipinski definition) is 2. The number of ether oxygens (including phenoxy) is 1. The molecule has 1 N–H and O–H groups in total. The van der Waals surface area contributed by atoms with Crippen LogP contribution in [0.25, 0.3) is 0 Å². The van der Waals surface area contributed by atoms with Crippen LogP contribution in [0.1, 0.15) is 5.56 Å². The summed E-state index contributed by atoms with van der Waals surface area (Å²) in [7, 11) is 0. The van der Waals surface area contributed by atoms with Crippen LogP contribution in [0.15, 0.2) is 12.1 Å². The van der Waals surface area contributed by atoms with Crippen molar-refractivity contribution >= 4 is 17.6 Å². The molecule has 0 radical (unpaired) electrons. The van der Waals surface area contributed by atoms with Gasteiger partial charge in [-0.1, -0.05) is 11.6 Å². The van der Waals surface area contributed by atoms with E-state index in [0.29, 0.717) is 6.07 Å². The van der Waals surface area contributed by atoms with Gasteiger partial charge in [0.25, 0.3) is 0 Å². The van der Waals surface area contributed by atoms with E-state index in [1.807, 2.05) is 0 Å². The van der Waals surface area contributed by atoms with Crippen molar-refractivity contribution in [3.63, 3.8) is 0 Å². The van der Waals surface area contributed by atoms with Gasteiger partial charge in [-0.15, -0.1) is 0 Å². The van der Waals surface area contributed by atoms with Gasteiger partial charge in [-0.2, -0.15) is 8.78 Å². The Morgan fingerprint density at radius 1 is 1.50 bits per heavy atom. The van der Waals surface area contributed by atoms with Crippen LogP contribution in [0.5, 0.6) is 5.75 Å². The average Bonchev–Trinajstić information content (AvgIpc) is 2.10. The van der Waals surface area contributed by atoms with Crippen molar-refractivity contribution in [1.29, 1.82) is 0 Å². The van der Waals surface area contributed by atoms with E-state index >= 15 is 0 Å². The van der Waals surface area contributed by atoms with Crippen molar-refractivity contribution in [2.24, 2.45) is 0 Å². The second-order valence-electron chi connectivity index (χ2n) is 2.81. The monoisotopic (exact) mass is 254 g/mol. The molecule has 0 aliphatic rings. The van der Waals surface area contributed by atoms with Crippen molar-refractivity contribution in [2.75, 3.05) is 0 Å².